The molecule has 0 aromatic carbocycles. The molecule has 3 N–H and O–H groups in total. The molecule has 0 fully saturated rings. The third-order valence-corrected chi connectivity index (χ3v) is 10.3. The first-order valence-corrected chi connectivity index (χ1v) is 24.0. The molecule has 0 saturated carbocycles. The molecule has 57 heavy (non-hydrogen) atoms. The van der Waals surface area contributed by atoms with Crippen molar-refractivity contribution in [2.24, 2.45) is 0 Å². The summed E-state index contributed by atoms with van der Waals surface area (Å²) in [6.07, 6.45) is 53.7. The quantitative estimate of drug-likeness (QED) is 0.0247. The molecule has 1 amide bonds. The number of hydrogen-bond donors (Lipinski definition) is 3. The predicted molar refractivity (Wildman–Crippen MR) is 244 cm³/mol. The molecular formula is C48H86N2O6P+. The van der Waals surface area contributed by atoms with Gasteiger partial charge in [-0.25, -0.2) is 4.57 Å². The van der Waals surface area contributed by atoms with Crippen LogP contribution in [-0.2, 0) is 18.4 Å². The third-order valence-electron chi connectivity index (χ3n) is 9.33. The molecule has 0 aliphatic carbocycles. The third kappa shape index (κ3) is 41.6. The molecule has 0 heterocycles. The average Bonchev–Trinajstić information content (AvgIpc) is 3.16. The fraction of sp³-hybridized carbons (Fsp3) is 0.688. The van der Waals surface area contributed by atoms with E-state index in [9.17, 15) is 19.4 Å². The molecule has 0 saturated heterocycles. The van der Waals surface area contributed by atoms with E-state index < -0.39 is 20.0 Å². The van der Waals surface area contributed by atoms with Crippen LogP contribution in [0.25, 0.3) is 0 Å². The highest BCUT2D eigenvalue weighted by molar-refractivity contribution is 7.47. The van der Waals surface area contributed by atoms with Crippen molar-refractivity contribution in [1.29, 1.82) is 0 Å². The van der Waals surface area contributed by atoms with Gasteiger partial charge in [-0.05, 0) is 83.5 Å². The Labute approximate surface area is 350 Å². The monoisotopic (exact) mass is 818 g/mol. The number of allylic oxidation sites excluding steroid dienone is 13. The predicted octanol–water partition coefficient (Wildman–Crippen LogP) is 12.6. The zero-order valence-electron chi connectivity index (χ0n) is 37.0. The molecule has 0 bridgehead atoms. The Morgan fingerprint density at radius 3 is 1.61 bits per heavy atom. The lowest BCUT2D eigenvalue weighted by atomic mass is 10.1. The second-order valence-corrected chi connectivity index (χ2v) is 17.5. The van der Waals surface area contributed by atoms with Crippen molar-refractivity contribution in [2.75, 3.05) is 40.9 Å². The van der Waals surface area contributed by atoms with E-state index in [2.05, 4.69) is 92.1 Å². The average molecular weight is 818 g/mol. The van der Waals surface area contributed by atoms with Crippen LogP contribution < -0.4 is 5.32 Å². The largest absolute Gasteiger partial charge is 0.472 e. The Kier molecular flexibility index (Phi) is 37.6. The van der Waals surface area contributed by atoms with E-state index in [0.717, 1.165) is 89.9 Å². The van der Waals surface area contributed by atoms with E-state index >= 15 is 0 Å². The van der Waals surface area contributed by atoms with Gasteiger partial charge in [-0.1, -0.05) is 157 Å². The maximum atomic E-state index is 12.9. The van der Waals surface area contributed by atoms with Gasteiger partial charge in [-0.15, -0.1) is 0 Å². The number of hydrogen-bond acceptors (Lipinski definition) is 5. The van der Waals surface area contributed by atoms with Gasteiger partial charge in [0.05, 0.1) is 39.9 Å². The Hall–Kier alpha value is -2.32. The Morgan fingerprint density at radius 1 is 0.614 bits per heavy atom. The van der Waals surface area contributed by atoms with Crippen LogP contribution in [0.2, 0.25) is 0 Å². The number of phosphoric acid groups is 1. The molecule has 0 radical (unpaired) electrons. The topological polar surface area (TPSA) is 105 Å². The van der Waals surface area contributed by atoms with Gasteiger partial charge in [0, 0.05) is 6.42 Å². The highest BCUT2D eigenvalue weighted by Crippen LogP contribution is 2.43. The van der Waals surface area contributed by atoms with E-state index in [-0.39, 0.29) is 19.1 Å². The maximum Gasteiger partial charge on any atom is 0.472 e. The van der Waals surface area contributed by atoms with Crippen molar-refractivity contribution < 1.29 is 32.9 Å². The fourth-order valence-electron chi connectivity index (χ4n) is 5.77. The van der Waals surface area contributed by atoms with E-state index in [0.29, 0.717) is 17.4 Å². The standard InChI is InChI=1S/C48H85N2O6P/c1-6-8-10-12-14-16-18-20-22-23-24-25-26-27-28-30-32-34-36-38-40-42-48(52)49-46(45-56-57(53,54)55-44-43-50(3,4)5)47(51)41-39-37-35-33-31-29-21-19-17-15-13-11-9-7-2/h8,10,14,16-17,19-20,22,24-25,31,33,39,41,46-47,51H,6-7,9,11-13,15,18,21,23,26-30,32,34-38,40,42-45H2,1-5H3,(H-,49,52,53,54)/p+1/b10-8-,16-14-,19-17+,22-20-,25-24-,33-31+,41-39+. The minimum atomic E-state index is -4.36. The number of carbonyl (C=O) groups is 1. The molecular weight excluding hydrogens is 732 g/mol. The zero-order valence-corrected chi connectivity index (χ0v) is 37.9. The first-order valence-electron chi connectivity index (χ1n) is 22.5. The molecule has 0 rings (SSSR count). The summed E-state index contributed by atoms with van der Waals surface area (Å²) in [6.45, 7) is 4.62. The summed E-state index contributed by atoms with van der Waals surface area (Å²) in [5.41, 5.74) is 0. The van der Waals surface area contributed by atoms with Crippen LogP contribution in [0.4, 0.5) is 0 Å². The van der Waals surface area contributed by atoms with Gasteiger partial charge in [0.25, 0.3) is 0 Å². The lowest BCUT2D eigenvalue weighted by Gasteiger charge is -2.25. The second-order valence-electron chi connectivity index (χ2n) is 16.0. The first kappa shape index (κ1) is 54.7. The minimum absolute atomic E-state index is 0.0473. The summed E-state index contributed by atoms with van der Waals surface area (Å²) in [6, 6.07) is -0.878. The number of carbonyl (C=O) groups excluding carboxylic acids is 1. The number of phosphoric ester groups is 1. The number of rotatable bonds is 39. The molecule has 0 spiro atoms. The number of nitrogens with zero attached hydrogens (tertiary/aromatic N) is 1. The van der Waals surface area contributed by atoms with Gasteiger partial charge in [0.15, 0.2) is 0 Å². The highest BCUT2D eigenvalue weighted by Gasteiger charge is 2.27. The number of amides is 1. The number of nitrogens with one attached hydrogen (secondary N) is 1. The normalized spacial score (nSPS) is 15.1. The highest BCUT2D eigenvalue weighted by atomic mass is 31.2. The summed E-state index contributed by atoms with van der Waals surface area (Å²) < 4.78 is 23.5. The van der Waals surface area contributed by atoms with Crippen LogP contribution in [-0.4, -0.2) is 73.4 Å². The van der Waals surface area contributed by atoms with Crippen molar-refractivity contribution in [3.05, 3.63) is 85.1 Å². The van der Waals surface area contributed by atoms with Crippen LogP contribution in [0.1, 0.15) is 162 Å². The Balaban J connectivity index is 4.47. The van der Waals surface area contributed by atoms with Gasteiger partial charge in [-0.2, -0.15) is 0 Å². The van der Waals surface area contributed by atoms with Gasteiger partial charge in [0.1, 0.15) is 13.2 Å². The van der Waals surface area contributed by atoms with Crippen LogP contribution in [0.5, 0.6) is 0 Å². The molecule has 0 aromatic heterocycles. The summed E-state index contributed by atoms with van der Waals surface area (Å²) in [5, 5.41) is 13.8. The summed E-state index contributed by atoms with van der Waals surface area (Å²) in [5.74, 6) is -0.205. The van der Waals surface area contributed by atoms with E-state index in [4.69, 9.17) is 9.05 Å². The fourth-order valence-corrected chi connectivity index (χ4v) is 6.50. The minimum Gasteiger partial charge on any atom is -0.387 e. The maximum absolute atomic E-state index is 12.9. The van der Waals surface area contributed by atoms with Gasteiger partial charge >= 0.3 is 7.82 Å². The molecule has 0 aliphatic rings. The summed E-state index contributed by atoms with van der Waals surface area (Å²) in [4.78, 5) is 23.1. The van der Waals surface area contributed by atoms with Gasteiger partial charge in [-0.3, -0.25) is 13.8 Å². The molecule has 3 unspecified atom stereocenters. The molecule has 3 atom stereocenters. The van der Waals surface area contributed by atoms with Crippen molar-refractivity contribution in [1.82, 2.24) is 5.32 Å². The molecule has 0 aliphatic heterocycles. The van der Waals surface area contributed by atoms with E-state index in [1.54, 1.807) is 6.08 Å². The number of aliphatic hydroxyl groups is 1. The summed E-state index contributed by atoms with van der Waals surface area (Å²) >= 11 is 0. The van der Waals surface area contributed by atoms with Crippen LogP contribution in [0.15, 0.2) is 85.1 Å². The van der Waals surface area contributed by atoms with Gasteiger partial charge < -0.3 is 19.8 Å². The van der Waals surface area contributed by atoms with Gasteiger partial charge in [0.2, 0.25) is 5.91 Å². The number of aliphatic hydroxyl groups excluding tert-OH is 1. The lowest BCUT2D eigenvalue weighted by molar-refractivity contribution is -0.870. The number of unbranched alkanes of at least 4 members (excludes halogenated alkanes) is 14. The van der Waals surface area contributed by atoms with Crippen molar-refractivity contribution in [3.8, 4) is 0 Å². The Bertz CT molecular complexity index is 1200. The van der Waals surface area contributed by atoms with Crippen molar-refractivity contribution in [3.63, 3.8) is 0 Å². The van der Waals surface area contributed by atoms with Crippen molar-refractivity contribution >= 4 is 13.7 Å². The molecule has 8 nitrogen and oxygen atoms in total. The smallest absolute Gasteiger partial charge is 0.387 e. The lowest BCUT2D eigenvalue weighted by Crippen LogP contribution is -2.45. The summed E-state index contributed by atoms with van der Waals surface area (Å²) in [7, 11) is 1.52. The van der Waals surface area contributed by atoms with E-state index in [1.807, 2.05) is 27.2 Å². The second kappa shape index (κ2) is 39.2. The zero-order chi connectivity index (χ0) is 42.1. The molecule has 328 valence electrons. The van der Waals surface area contributed by atoms with Crippen LogP contribution in [0.3, 0.4) is 0 Å². The van der Waals surface area contributed by atoms with Crippen LogP contribution in [0, 0.1) is 0 Å². The first-order chi connectivity index (χ1) is 27.5. The van der Waals surface area contributed by atoms with Crippen LogP contribution >= 0.6 is 7.82 Å². The number of likely N-dealkylation sites (N-methyl/N-ethyl adjacent to an activating group) is 1. The Morgan fingerprint density at radius 2 is 1.07 bits per heavy atom. The molecule has 9 heteroatoms. The van der Waals surface area contributed by atoms with Crippen molar-refractivity contribution in [2.45, 2.75) is 174 Å². The molecule has 0 aromatic rings. The SMILES string of the molecule is CC/C=C\C/C=C\C/C=C\C/C=C\CCCCCCCCCCC(=O)NC(COP(=O)(O)OCC[N+](C)(C)C)C(O)/C=C/CC/C=C/CC/C=C/CCCCCC. The number of quaternary nitrogens is 1. The van der Waals surface area contributed by atoms with E-state index in [1.165, 1.54) is 51.4 Å².